The third-order valence-corrected chi connectivity index (χ3v) is 9.31. The number of para-hydroxylation sites is 3. The standard InChI is InChI=1S/C42H26N4/c1-3-14-28(15-4-1)40-33-24-23-27-13-7-8-18-30(27)41(33)44-42(43-40)46-35-22-12-10-20-32(35)39-37(46)26-25-36-38(39)31-19-9-11-21-34(31)45(36)29-16-5-2-6-17-29/h1-26H. The largest absolute Gasteiger partial charge is 0.309 e. The van der Waals surface area contributed by atoms with Gasteiger partial charge < -0.3 is 4.57 Å². The fraction of sp³-hybridized carbons (Fsp3) is 0. The lowest BCUT2D eigenvalue weighted by atomic mass is 10.0. The van der Waals surface area contributed by atoms with E-state index in [9.17, 15) is 0 Å². The van der Waals surface area contributed by atoms with Crippen molar-refractivity contribution >= 4 is 65.3 Å². The molecule has 0 radical (unpaired) electrons. The lowest BCUT2D eigenvalue weighted by Crippen LogP contribution is -2.03. The van der Waals surface area contributed by atoms with Crippen molar-refractivity contribution in [1.82, 2.24) is 19.1 Å². The number of aromatic nitrogens is 4. The van der Waals surface area contributed by atoms with Crippen LogP contribution in [0.15, 0.2) is 158 Å². The topological polar surface area (TPSA) is 35.6 Å². The van der Waals surface area contributed by atoms with E-state index in [1.54, 1.807) is 0 Å². The number of fused-ring (bicyclic) bond motifs is 10. The van der Waals surface area contributed by atoms with E-state index >= 15 is 0 Å². The zero-order valence-electron chi connectivity index (χ0n) is 24.8. The van der Waals surface area contributed by atoms with Crippen molar-refractivity contribution in [2.45, 2.75) is 0 Å². The smallest absolute Gasteiger partial charge is 0.235 e. The van der Waals surface area contributed by atoms with Crippen LogP contribution in [0.25, 0.3) is 88.2 Å². The fourth-order valence-corrected chi connectivity index (χ4v) is 7.36. The molecule has 0 bridgehead atoms. The molecule has 0 N–H and O–H groups in total. The van der Waals surface area contributed by atoms with E-state index < -0.39 is 0 Å². The van der Waals surface area contributed by atoms with Gasteiger partial charge in [0.05, 0.1) is 33.3 Å². The van der Waals surface area contributed by atoms with Crippen LogP contribution in [0.2, 0.25) is 0 Å². The molecule has 0 fully saturated rings. The lowest BCUT2D eigenvalue weighted by molar-refractivity contribution is 1.02. The molecule has 0 atom stereocenters. The van der Waals surface area contributed by atoms with Gasteiger partial charge in [0.25, 0.3) is 0 Å². The van der Waals surface area contributed by atoms with Crippen molar-refractivity contribution in [3.8, 4) is 22.9 Å². The van der Waals surface area contributed by atoms with Gasteiger partial charge in [-0.15, -0.1) is 0 Å². The van der Waals surface area contributed by atoms with E-state index in [0.717, 1.165) is 49.7 Å². The van der Waals surface area contributed by atoms with Gasteiger partial charge in [0.1, 0.15) is 0 Å². The highest BCUT2D eigenvalue weighted by atomic mass is 15.2. The van der Waals surface area contributed by atoms with Crippen LogP contribution >= 0.6 is 0 Å². The van der Waals surface area contributed by atoms with Crippen LogP contribution in [0, 0.1) is 0 Å². The van der Waals surface area contributed by atoms with E-state index in [2.05, 4.69) is 161 Å². The van der Waals surface area contributed by atoms with E-state index in [1.807, 2.05) is 6.07 Å². The van der Waals surface area contributed by atoms with Gasteiger partial charge in [0, 0.05) is 43.6 Å². The highest BCUT2D eigenvalue weighted by Gasteiger charge is 2.22. The minimum Gasteiger partial charge on any atom is -0.309 e. The average Bonchev–Trinajstić information content (AvgIpc) is 3.65. The number of rotatable bonds is 3. The highest BCUT2D eigenvalue weighted by molar-refractivity contribution is 6.28. The molecule has 0 aliphatic carbocycles. The summed E-state index contributed by atoms with van der Waals surface area (Å²) in [5.74, 6) is 0.667. The second kappa shape index (κ2) is 9.62. The molecule has 0 unspecified atom stereocenters. The van der Waals surface area contributed by atoms with Crippen molar-refractivity contribution in [3.63, 3.8) is 0 Å². The Morgan fingerprint density at radius 2 is 0.935 bits per heavy atom. The molecule has 0 aliphatic rings. The number of hydrogen-bond donors (Lipinski definition) is 0. The number of benzene rings is 7. The summed E-state index contributed by atoms with van der Waals surface area (Å²) in [6.45, 7) is 0. The molecule has 4 nitrogen and oxygen atoms in total. The normalized spacial score (nSPS) is 11.9. The van der Waals surface area contributed by atoms with Gasteiger partial charge in [-0.05, 0) is 47.9 Å². The minimum atomic E-state index is 0.667. The van der Waals surface area contributed by atoms with Crippen molar-refractivity contribution in [3.05, 3.63) is 158 Å². The molecule has 214 valence electrons. The van der Waals surface area contributed by atoms with E-state index in [-0.39, 0.29) is 0 Å². The third-order valence-electron chi connectivity index (χ3n) is 9.31. The Morgan fingerprint density at radius 3 is 1.65 bits per heavy atom. The summed E-state index contributed by atoms with van der Waals surface area (Å²) in [4.78, 5) is 10.7. The van der Waals surface area contributed by atoms with Gasteiger partial charge >= 0.3 is 0 Å². The van der Waals surface area contributed by atoms with Gasteiger partial charge in [-0.2, -0.15) is 0 Å². The number of hydrogen-bond acceptors (Lipinski definition) is 2. The van der Waals surface area contributed by atoms with E-state index in [4.69, 9.17) is 9.97 Å². The highest BCUT2D eigenvalue weighted by Crippen LogP contribution is 2.42. The molecule has 4 heteroatoms. The van der Waals surface area contributed by atoms with Crippen molar-refractivity contribution in [2.75, 3.05) is 0 Å². The van der Waals surface area contributed by atoms with Gasteiger partial charge in [0.2, 0.25) is 5.95 Å². The molecule has 0 saturated heterocycles. The Hall–Kier alpha value is -6.26. The van der Waals surface area contributed by atoms with Gasteiger partial charge in [-0.25, -0.2) is 9.97 Å². The van der Waals surface area contributed by atoms with Crippen LogP contribution in [0.5, 0.6) is 0 Å². The molecule has 3 heterocycles. The Balaban J connectivity index is 1.38. The molecule has 0 saturated carbocycles. The summed E-state index contributed by atoms with van der Waals surface area (Å²) in [7, 11) is 0. The molecule has 10 rings (SSSR count). The summed E-state index contributed by atoms with van der Waals surface area (Å²) in [6, 6.07) is 55.8. The first-order chi connectivity index (χ1) is 22.8. The summed E-state index contributed by atoms with van der Waals surface area (Å²) in [5.41, 5.74) is 8.64. The Bertz CT molecular complexity index is 2790. The van der Waals surface area contributed by atoms with Gasteiger partial charge in [-0.1, -0.05) is 115 Å². The van der Waals surface area contributed by atoms with E-state index in [1.165, 1.54) is 32.6 Å². The molecular weight excluding hydrogens is 560 g/mol. The first kappa shape index (κ1) is 25.1. The average molecular weight is 587 g/mol. The SMILES string of the molecule is c1ccc(-c2nc(-n3c4ccccc4c4c5c6ccccc6n(-c6ccccc6)c5ccc43)nc3c2ccc2ccccc23)cc1. The van der Waals surface area contributed by atoms with Crippen LogP contribution in [-0.4, -0.2) is 19.1 Å². The quantitative estimate of drug-likeness (QED) is 0.193. The Labute approximate surface area is 264 Å². The van der Waals surface area contributed by atoms with Gasteiger partial charge in [0.15, 0.2) is 0 Å². The van der Waals surface area contributed by atoms with E-state index in [0.29, 0.717) is 5.95 Å². The molecular formula is C42H26N4. The van der Waals surface area contributed by atoms with Crippen LogP contribution < -0.4 is 0 Å². The molecule has 0 aliphatic heterocycles. The lowest BCUT2D eigenvalue weighted by Gasteiger charge is -2.13. The first-order valence-corrected chi connectivity index (χ1v) is 15.6. The second-order valence-corrected chi connectivity index (χ2v) is 11.8. The molecule has 0 amide bonds. The zero-order valence-corrected chi connectivity index (χ0v) is 24.8. The number of nitrogens with zero attached hydrogens (tertiary/aromatic N) is 4. The maximum Gasteiger partial charge on any atom is 0.235 e. The van der Waals surface area contributed by atoms with Crippen LogP contribution in [0.3, 0.4) is 0 Å². The third kappa shape index (κ3) is 3.49. The van der Waals surface area contributed by atoms with Crippen LogP contribution in [0.1, 0.15) is 0 Å². The van der Waals surface area contributed by atoms with Gasteiger partial charge in [-0.3, -0.25) is 4.57 Å². The fourth-order valence-electron chi connectivity index (χ4n) is 7.36. The Kier molecular flexibility index (Phi) is 5.25. The summed E-state index contributed by atoms with van der Waals surface area (Å²) in [5, 5.41) is 8.18. The first-order valence-electron chi connectivity index (χ1n) is 15.6. The molecule has 7 aromatic carbocycles. The summed E-state index contributed by atoms with van der Waals surface area (Å²) >= 11 is 0. The van der Waals surface area contributed by atoms with Crippen molar-refractivity contribution < 1.29 is 0 Å². The molecule has 10 aromatic rings. The zero-order chi connectivity index (χ0) is 30.2. The second-order valence-electron chi connectivity index (χ2n) is 11.8. The maximum absolute atomic E-state index is 5.37. The minimum absolute atomic E-state index is 0.667. The molecule has 46 heavy (non-hydrogen) atoms. The Morgan fingerprint density at radius 1 is 0.370 bits per heavy atom. The summed E-state index contributed by atoms with van der Waals surface area (Å²) < 4.78 is 4.63. The predicted octanol–water partition coefficient (Wildman–Crippen LogP) is 10.6. The van der Waals surface area contributed by atoms with Crippen LogP contribution in [0.4, 0.5) is 0 Å². The molecule has 3 aromatic heterocycles. The van der Waals surface area contributed by atoms with Crippen molar-refractivity contribution in [2.24, 2.45) is 0 Å². The molecule has 0 spiro atoms. The van der Waals surface area contributed by atoms with Crippen LogP contribution in [-0.2, 0) is 0 Å². The predicted molar refractivity (Wildman–Crippen MR) is 191 cm³/mol. The van der Waals surface area contributed by atoms with Crippen molar-refractivity contribution in [1.29, 1.82) is 0 Å². The maximum atomic E-state index is 5.37. The summed E-state index contributed by atoms with van der Waals surface area (Å²) in [6.07, 6.45) is 0. The monoisotopic (exact) mass is 586 g/mol.